The fourth-order valence-corrected chi connectivity index (χ4v) is 6.85. The highest BCUT2D eigenvalue weighted by Gasteiger charge is 2.56. The van der Waals surface area contributed by atoms with Crippen LogP contribution in [0.15, 0.2) is 52.4 Å². The third kappa shape index (κ3) is 5.02. The maximum absolute atomic E-state index is 13.8. The zero-order valence-corrected chi connectivity index (χ0v) is 21.7. The van der Waals surface area contributed by atoms with E-state index in [0.29, 0.717) is 31.6 Å². The summed E-state index contributed by atoms with van der Waals surface area (Å²) in [6, 6.07) is 8.21. The number of hydrogen-bond donors (Lipinski definition) is 2. The summed E-state index contributed by atoms with van der Waals surface area (Å²) in [4.78, 5) is 29.0. The van der Waals surface area contributed by atoms with Gasteiger partial charge in [0.05, 0.1) is 37.7 Å². The third-order valence-corrected chi connectivity index (χ3v) is 8.69. The van der Waals surface area contributed by atoms with Gasteiger partial charge in [-0.2, -0.15) is 0 Å². The van der Waals surface area contributed by atoms with Gasteiger partial charge in [0.2, 0.25) is 11.8 Å². The minimum Gasteiger partial charge on any atom is -0.505 e. The van der Waals surface area contributed by atoms with Gasteiger partial charge in [-0.15, -0.1) is 11.3 Å². The summed E-state index contributed by atoms with van der Waals surface area (Å²) in [5.41, 5.74) is 3.67. The molecule has 5 rings (SSSR count). The van der Waals surface area contributed by atoms with Gasteiger partial charge in [0.15, 0.2) is 11.6 Å². The van der Waals surface area contributed by atoms with Gasteiger partial charge in [-0.05, 0) is 66.0 Å². The Balaban J connectivity index is 1.33. The van der Waals surface area contributed by atoms with Gasteiger partial charge >= 0.3 is 0 Å². The molecule has 3 aliphatic rings. The smallest absolute Gasteiger partial charge is 0.234 e. The van der Waals surface area contributed by atoms with Crippen LogP contribution in [0.5, 0.6) is 5.75 Å². The summed E-state index contributed by atoms with van der Waals surface area (Å²) in [7, 11) is 0. The second kappa shape index (κ2) is 10.9. The van der Waals surface area contributed by atoms with Crippen molar-refractivity contribution in [3.8, 4) is 5.75 Å². The first-order valence-corrected chi connectivity index (χ1v) is 13.8. The Morgan fingerprint density at radius 1 is 1.22 bits per heavy atom. The number of imide groups is 1. The molecular formula is C29H32FNO5S. The van der Waals surface area contributed by atoms with Gasteiger partial charge in [0, 0.05) is 10.8 Å². The van der Waals surface area contributed by atoms with Gasteiger partial charge in [-0.25, -0.2) is 4.39 Å². The number of amides is 2. The van der Waals surface area contributed by atoms with E-state index in [1.54, 1.807) is 6.07 Å². The number of carbonyl (C=O) groups is 2. The molecule has 2 amide bonds. The molecule has 2 fully saturated rings. The van der Waals surface area contributed by atoms with Crippen LogP contribution in [0, 0.1) is 23.6 Å². The number of likely N-dealkylation sites (tertiary alicyclic amines) is 1. The number of benzene rings is 1. The van der Waals surface area contributed by atoms with Crippen LogP contribution in [0.2, 0.25) is 0 Å². The quantitative estimate of drug-likeness (QED) is 0.353. The number of halogens is 1. The van der Waals surface area contributed by atoms with Crippen LogP contribution in [0.1, 0.15) is 49.5 Å². The number of phenolic OH excluding ortho intramolecular Hbond substituents is 1. The maximum Gasteiger partial charge on any atom is 0.234 e. The molecular weight excluding hydrogens is 493 g/mol. The first-order valence-electron chi connectivity index (χ1n) is 12.9. The molecule has 0 spiro atoms. The van der Waals surface area contributed by atoms with Crippen LogP contribution in [0.25, 0.3) is 6.08 Å². The number of aliphatic hydroxyl groups is 1. The molecule has 37 heavy (non-hydrogen) atoms. The highest BCUT2D eigenvalue weighted by atomic mass is 32.1. The summed E-state index contributed by atoms with van der Waals surface area (Å²) < 4.78 is 20.0. The van der Waals surface area contributed by atoms with E-state index >= 15 is 0 Å². The lowest BCUT2D eigenvalue weighted by Crippen LogP contribution is -2.34. The van der Waals surface area contributed by atoms with Crippen LogP contribution in [-0.2, 0) is 20.9 Å². The van der Waals surface area contributed by atoms with E-state index in [4.69, 9.17) is 4.74 Å². The number of fused-ring (bicyclic) bond motifs is 3. The second-order valence-corrected chi connectivity index (χ2v) is 11.2. The first-order chi connectivity index (χ1) is 17.9. The average Bonchev–Trinajstić information content (AvgIpc) is 3.61. The molecule has 6 nitrogen and oxygen atoms in total. The molecule has 2 aromatic rings. The Hall–Kier alpha value is -2.81. The van der Waals surface area contributed by atoms with Crippen LogP contribution in [0.3, 0.4) is 0 Å². The van der Waals surface area contributed by atoms with Gasteiger partial charge in [-0.3, -0.25) is 14.5 Å². The maximum atomic E-state index is 13.8. The van der Waals surface area contributed by atoms with Gasteiger partial charge < -0.3 is 14.9 Å². The summed E-state index contributed by atoms with van der Waals surface area (Å²) in [5, 5.41) is 21.6. The molecule has 1 aromatic heterocycles. The molecule has 0 bridgehead atoms. The van der Waals surface area contributed by atoms with E-state index in [0.717, 1.165) is 40.9 Å². The molecule has 196 valence electrons. The molecule has 1 aromatic carbocycles. The minimum atomic E-state index is -0.648. The molecule has 4 atom stereocenters. The standard InChI is InChI=1S/C29H32FNO5S/c1-2-4-17(11-18-6-8-24(33)23(30)12-18)7-9-25-26-19(15-32)13-21-27(22(26)16-36-25)29(35)31(28(21)34)14-20-5-3-10-37-20/h3,5-6,8,10-12,21-22,25,27,32-33H,2,4,7,9,13-16H2,1H3/b17-11+/t21-,22+,25-,27-/m1/s1. The van der Waals surface area contributed by atoms with Crippen LogP contribution >= 0.6 is 11.3 Å². The predicted molar refractivity (Wildman–Crippen MR) is 139 cm³/mol. The molecule has 0 radical (unpaired) electrons. The first kappa shape index (κ1) is 25.8. The summed E-state index contributed by atoms with van der Waals surface area (Å²) in [5.74, 6) is -2.36. The normalized spacial score (nSPS) is 25.7. The number of nitrogens with zero attached hydrogens (tertiary/aromatic N) is 1. The topological polar surface area (TPSA) is 87.1 Å². The van der Waals surface area contributed by atoms with Crippen molar-refractivity contribution in [3.63, 3.8) is 0 Å². The molecule has 2 saturated heterocycles. The molecule has 0 unspecified atom stereocenters. The van der Waals surface area contributed by atoms with Gasteiger partial charge in [0.1, 0.15) is 0 Å². The Labute approximate surface area is 220 Å². The SMILES string of the molecule is CCC/C(=C\c1ccc(O)c(F)c1)CC[C@H]1OC[C@H]2C1=C(CO)C[C@H]1C(=O)N(Cc3cccs3)C(=O)[C@H]12. The van der Waals surface area contributed by atoms with Crippen molar-refractivity contribution in [2.24, 2.45) is 17.8 Å². The Kier molecular flexibility index (Phi) is 7.60. The van der Waals surface area contributed by atoms with Gasteiger partial charge in [0.25, 0.3) is 0 Å². The Bertz CT molecular complexity index is 1240. The van der Waals surface area contributed by atoms with Crippen LogP contribution in [-0.4, -0.2) is 46.2 Å². The third-order valence-electron chi connectivity index (χ3n) is 7.83. The van der Waals surface area contributed by atoms with E-state index in [-0.39, 0.29) is 36.2 Å². The lowest BCUT2D eigenvalue weighted by Gasteiger charge is -2.31. The molecule has 2 aliphatic heterocycles. The summed E-state index contributed by atoms with van der Waals surface area (Å²) in [6.07, 6.45) is 5.31. The lowest BCUT2D eigenvalue weighted by atomic mass is 9.69. The van der Waals surface area contributed by atoms with Crippen molar-refractivity contribution < 1.29 is 28.9 Å². The predicted octanol–water partition coefficient (Wildman–Crippen LogP) is 5.07. The average molecular weight is 526 g/mol. The van der Waals surface area contributed by atoms with E-state index < -0.39 is 17.7 Å². The number of thiophene rings is 1. The van der Waals surface area contributed by atoms with Crippen molar-refractivity contribution in [1.29, 1.82) is 0 Å². The van der Waals surface area contributed by atoms with E-state index in [9.17, 15) is 24.2 Å². The molecule has 1 aliphatic carbocycles. The largest absolute Gasteiger partial charge is 0.505 e. The van der Waals surface area contributed by atoms with E-state index in [1.165, 1.54) is 28.4 Å². The number of rotatable bonds is 9. The van der Waals surface area contributed by atoms with Crippen molar-refractivity contribution in [1.82, 2.24) is 4.90 Å². The number of ether oxygens (including phenoxy) is 1. The fourth-order valence-electron chi connectivity index (χ4n) is 6.15. The van der Waals surface area contributed by atoms with Crippen LogP contribution in [0.4, 0.5) is 4.39 Å². The zero-order valence-electron chi connectivity index (χ0n) is 20.9. The number of hydrogen-bond acceptors (Lipinski definition) is 6. The molecule has 3 heterocycles. The monoisotopic (exact) mass is 525 g/mol. The zero-order chi connectivity index (χ0) is 26.1. The molecule has 2 N–H and O–H groups in total. The summed E-state index contributed by atoms with van der Waals surface area (Å²) >= 11 is 1.53. The van der Waals surface area contributed by atoms with Crippen molar-refractivity contribution in [2.75, 3.05) is 13.2 Å². The van der Waals surface area contributed by atoms with Crippen molar-refractivity contribution in [3.05, 3.63) is 68.7 Å². The number of phenols is 1. The molecule has 0 saturated carbocycles. The Morgan fingerprint density at radius 2 is 2.05 bits per heavy atom. The lowest BCUT2D eigenvalue weighted by molar-refractivity contribution is -0.140. The number of allylic oxidation sites excluding steroid dienone is 1. The molecule has 8 heteroatoms. The minimum absolute atomic E-state index is 0.131. The summed E-state index contributed by atoms with van der Waals surface area (Å²) in [6.45, 7) is 2.61. The number of aromatic hydroxyl groups is 1. The van der Waals surface area contributed by atoms with E-state index in [2.05, 4.69) is 6.92 Å². The van der Waals surface area contributed by atoms with E-state index in [1.807, 2.05) is 23.6 Å². The fraction of sp³-hybridized carbons (Fsp3) is 0.448. The van der Waals surface area contributed by atoms with Crippen molar-refractivity contribution >= 4 is 29.2 Å². The number of aliphatic hydroxyl groups excluding tert-OH is 1. The Morgan fingerprint density at radius 3 is 2.76 bits per heavy atom. The van der Waals surface area contributed by atoms with Crippen molar-refractivity contribution in [2.45, 2.75) is 51.7 Å². The second-order valence-electron chi connectivity index (χ2n) is 10.1. The highest BCUT2D eigenvalue weighted by molar-refractivity contribution is 7.09. The van der Waals surface area contributed by atoms with Crippen LogP contribution < -0.4 is 0 Å². The van der Waals surface area contributed by atoms with Gasteiger partial charge in [-0.1, -0.05) is 37.1 Å². The number of carbonyl (C=O) groups excluding carboxylic acids is 2. The highest BCUT2D eigenvalue weighted by Crippen LogP contribution is 2.50.